The summed E-state index contributed by atoms with van der Waals surface area (Å²) in [4.78, 5) is 16.4. The number of carbonyl (C=O) groups excluding carboxylic acids is 1. The molecule has 7 heteroatoms. The number of hydrogen-bond acceptors (Lipinski definition) is 4. The van der Waals surface area contributed by atoms with Gasteiger partial charge in [-0.15, -0.1) is 0 Å². The molecule has 1 fully saturated rings. The number of halogens is 2. The molecule has 0 aliphatic carbocycles. The van der Waals surface area contributed by atoms with Crippen LogP contribution in [0, 0.1) is 11.6 Å². The number of nitrogens with zero attached hydrogens (tertiary/aromatic N) is 2. The molecule has 5 nitrogen and oxygen atoms in total. The Balaban J connectivity index is 1.98. The Morgan fingerprint density at radius 3 is 1.81 bits per heavy atom. The van der Waals surface area contributed by atoms with Crippen molar-refractivity contribution >= 4 is 6.09 Å². The van der Waals surface area contributed by atoms with Gasteiger partial charge in [-0.25, -0.2) is 13.6 Å². The number of hydrogen-bond donors (Lipinski definition) is 1. The van der Waals surface area contributed by atoms with Crippen LogP contribution in [0.3, 0.4) is 0 Å². The van der Waals surface area contributed by atoms with Crippen molar-refractivity contribution < 1.29 is 23.4 Å². The van der Waals surface area contributed by atoms with Crippen molar-refractivity contribution in [3.63, 3.8) is 0 Å². The lowest BCUT2D eigenvalue weighted by atomic mass is 9.89. The number of ether oxygens (including phenoxy) is 1. The second-order valence-electron chi connectivity index (χ2n) is 9.84. The Kier molecular flexibility index (Phi) is 6.91. The Bertz CT molecular complexity index is 873. The van der Waals surface area contributed by atoms with Crippen LogP contribution in [-0.4, -0.2) is 57.9 Å². The van der Waals surface area contributed by atoms with Crippen molar-refractivity contribution in [2.45, 2.75) is 57.9 Å². The van der Waals surface area contributed by atoms with E-state index in [9.17, 15) is 18.7 Å². The van der Waals surface area contributed by atoms with Crippen molar-refractivity contribution in [1.29, 1.82) is 0 Å². The second kappa shape index (κ2) is 9.16. The minimum Gasteiger partial charge on any atom is -0.444 e. The van der Waals surface area contributed by atoms with E-state index in [0.29, 0.717) is 13.1 Å². The maximum Gasteiger partial charge on any atom is 0.410 e. The van der Waals surface area contributed by atoms with Crippen LogP contribution in [0.1, 0.15) is 51.8 Å². The fourth-order valence-electron chi connectivity index (χ4n) is 4.09. The summed E-state index contributed by atoms with van der Waals surface area (Å²) in [5, 5.41) is 11.0. The van der Waals surface area contributed by atoms with Gasteiger partial charge < -0.3 is 14.7 Å². The van der Waals surface area contributed by atoms with Gasteiger partial charge in [0.1, 0.15) is 17.2 Å². The maximum absolute atomic E-state index is 13.6. The summed E-state index contributed by atoms with van der Waals surface area (Å²) in [5.74, 6) is -0.694. The van der Waals surface area contributed by atoms with Gasteiger partial charge in [-0.05, 0) is 70.0 Å². The van der Waals surface area contributed by atoms with Crippen molar-refractivity contribution in [2.24, 2.45) is 0 Å². The van der Waals surface area contributed by atoms with Crippen LogP contribution in [0.2, 0.25) is 0 Å². The summed E-state index contributed by atoms with van der Waals surface area (Å²) >= 11 is 0. The van der Waals surface area contributed by atoms with E-state index in [2.05, 4.69) is 4.90 Å². The highest BCUT2D eigenvalue weighted by Crippen LogP contribution is 2.35. The molecular formula is C25H32F2N2O3. The van der Waals surface area contributed by atoms with E-state index in [-0.39, 0.29) is 24.2 Å². The molecule has 1 amide bonds. The molecule has 32 heavy (non-hydrogen) atoms. The molecule has 1 aliphatic heterocycles. The Morgan fingerprint density at radius 1 is 0.938 bits per heavy atom. The predicted octanol–water partition coefficient (Wildman–Crippen LogP) is 4.75. The number of benzene rings is 2. The lowest BCUT2D eigenvalue weighted by Crippen LogP contribution is -2.63. The van der Waals surface area contributed by atoms with Crippen LogP contribution >= 0.6 is 0 Å². The molecular weight excluding hydrogens is 414 g/mol. The molecule has 0 radical (unpaired) electrons. The molecule has 1 unspecified atom stereocenters. The molecule has 1 atom stereocenters. The van der Waals surface area contributed by atoms with Crippen molar-refractivity contribution in [1.82, 2.24) is 9.80 Å². The first-order valence-electron chi connectivity index (χ1n) is 10.8. The van der Waals surface area contributed by atoms with Crippen LogP contribution < -0.4 is 0 Å². The molecule has 0 saturated carbocycles. The van der Waals surface area contributed by atoms with Crippen LogP contribution in [0.4, 0.5) is 13.6 Å². The van der Waals surface area contributed by atoms with E-state index < -0.39 is 23.3 Å². The predicted molar refractivity (Wildman–Crippen MR) is 119 cm³/mol. The van der Waals surface area contributed by atoms with Gasteiger partial charge in [-0.2, -0.15) is 0 Å². The molecule has 1 heterocycles. The molecule has 0 spiro atoms. The van der Waals surface area contributed by atoms with E-state index in [1.807, 2.05) is 20.8 Å². The normalized spacial score (nSPS) is 18.2. The zero-order valence-corrected chi connectivity index (χ0v) is 19.3. The molecule has 1 N–H and O–H groups in total. The Labute approximate surface area is 188 Å². The van der Waals surface area contributed by atoms with Crippen molar-refractivity contribution in [3.8, 4) is 0 Å². The lowest BCUT2D eigenvalue weighted by Gasteiger charge is -2.49. The topological polar surface area (TPSA) is 53.0 Å². The van der Waals surface area contributed by atoms with Gasteiger partial charge in [0.05, 0.1) is 17.7 Å². The van der Waals surface area contributed by atoms with Gasteiger partial charge in [-0.1, -0.05) is 24.3 Å². The Morgan fingerprint density at radius 2 is 1.41 bits per heavy atom. The maximum atomic E-state index is 13.6. The summed E-state index contributed by atoms with van der Waals surface area (Å²) in [6, 6.07) is 11.6. The molecule has 2 aromatic carbocycles. The summed E-state index contributed by atoms with van der Waals surface area (Å²) in [6.45, 7) is 9.96. The number of rotatable bonds is 4. The highest BCUT2D eigenvalue weighted by Gasteiger charge is 2.43. The first kappa shape index (κ1) is 24.1. The third kappa shape index (κ3) is 5.84. The third-order valence-corrected chi connectivity index (χ3v) is 5.59. The first-order valence-corrected chi connectivity index (χ1v) is 10.8. The van der Waals surface area contributed by atoms with Gasteiger partial charge in [0.25, 0.3) is 0 Å². The Hall–Kier alpha value is -2.51. The molecule has 0 bridgehead atoms. The molecule has 1 saturated heterocycles. The number of piperazine rings is 1. The highest BCUT2D eigenvalue weighted by atomic mass is 19.1. The molecule has 3 rings (SSSR count). The smallest absolute Gasteiger partial charge is 0.410 e. The van der Waals surface area contributed by atoms with E-state index >= 15 is 0 Å². The first-order chi connectivity index (χ1) is 14.8. The summed E-state index contributed by atoms with van der Waals surface area (Å²) in [6.07, 6.45) is -0.425. The SMILES string of the molecule is CC(C)(C)OC(=O)N1CCN(C(c2ccc(F)cc2)c2ccc(F)cc2)C(C(C)(C)O)C1. The molecule has 174 valence electrons. The largest absolute Gasteiger partial charge is 0.444 e. The minimum absolute atomic E-state index is 0.261. The van der Waals surface area contributed by atoms with Crippen LogP contribution in [0.25, 0.3) is 0 Å². The van der Waals surface area contributed by atoms with Gasteiger partial charge >= 0.3 is 6.09 Å². The van der Waals surface area contributed by atoms with Gasteiger partial charge in [0, 0.05) is 19.6 Å². The van der Waals surface area contributed by atoms with Gasteiger partial charge in [0.2, 0.25) is 0 Å². The average molecular weight is 447 g/mol. The van der Waals surface area contributed by atoms with E-state index in [0.717, 1.165) is 11.1 Å². The number of carbonyl (C=O) groups is 1. The third-order valence-electron chi connectivity index (χ3n) is 5.59. The highest BCUT2D eigenvalue weighted by molar-refractivity contribution is 5.68. The summed E-state index contributed by atoms with van der Waals surface area (Å²) in [7, 11) is 0. The van der Waals surface area contributed by atoms with E-state index in [1.165, 1.54) is 24.3 Å². The van der Waals surface area contributed by atoms with E-state index in [4.69, 9.17) is 4.74 Å². The van der Waals surface area contributed by atoms with Gasteiger partial charge in [-0.3, -0.25) is 4.90 Å². The standard InChI is InChI=1S/C25H32F2N2O3/c1-24(2,3)32-23(30)28-14-15-29(21(16-28)25(4,5)31)22(17-6-10-19(26)11-7-17)18-8-12-20(27)13-9-18/h6-13,21-22,31H,14-16H2,1-5H3. The molecule has 1 aliphatic rings. The monoisotopic (exact) mass is 446 g/mol. The summed E-state index contributed by atoms with van der Waals surface area (Å²) in [5.41, 5.74) is -0.140. The lowest BCUT2D eigenvalue weighted by molar-refractivity contribution is -0.0708. The zero-order chi connectivity index (χ0) is 23.7. The van der Waals surface area contributed by atoms with Crippen molar-refractivity contribution in [2.75, 3.05) is 19.6 Å². The minimum atomic E-state index is -1.15. The fraction of sp³-hybridized carbons (Fsp3) is 0.480. The molecule has 0 aromatic heterocycles. The average Bonchev–Trinajstić information content (AvgIpc) is 2.69. The zero-order valence-electron chi connectivity index (χ0n) is 19.3. The van der Waals surface area contributed by atoms with Crippen LogP contribution in [0.5, 0.6) is 0 Å². The quantitative estimate of drug-likeness (QED) is 0.737. The fourth-order valence-corrected chi connectivity index (χ4v) is 4.09. The van der Waals surface area contributed by atoms with Crippen LogP contribution in [-0.2, 0) is 4.74 Å². The second-order valence-corrected chi connectivity index (χ2v) is 9.84. The summed E-state index contributed by atoms with van der Waals surface area (Å²) < 4.78 is 32.8. The van der Waals surface area contributed by atoms with Crippen LogP contribution in [0.15, 0.2) is 48.5 Å². The number of amides is 1. The molecule has 2 aromatic rings. The number of aliphatic hydroxyl groups is 1. The van der Waals surface area contributed by atoms with Crippen molar-refractivity contribution in [3.05, 3.63) is 71.3 Å². The van der Waals surface area contributed by atoms with E-state index in [1.54, 1.807) is 43.0 Å². The van der Waals surface area contributed by atoms with Gasteiger partial charge in [0.15, 0.2) is 0 Å².